The average molecular weight is 360 g/mol. The van der Waals surface area contributed by atoms with Gasteiger partial charge in [0, 0.05) is 17.5 Å². The summed E-state index contributed by atoms with van der Waals surface area (Å²) in [5.74, 6) is -1.27. The number of nitrogens with one attached hydrogen (secondary N) is 2. The van der Waals surface area contributed by atoms with Gasteiger partial charge in [-0.3, -0.25) is 4.79 Å². The van der Waals surface area contributed by atoms with Crippen LogP contribution < -0.4 is 5.32 Å². The number of carboxylic acid groups (broad SMARTS) is 1. The lowest BCUT2D eigenvalue weighted by Crippen LogP contribution is -2.51. The first-order valence-electron chi connectivity index (χ1n) is 8.69. The third-order valence-corrected chi connectivity index (χ3v) is 4.88. The maximum absolute atomic E-state index is 12.8. The Labute approximate surface area is 151 Å². The molecule has 1 saturated heterocycles. The minimum absolute atomic E-state index is 0.239. The van der Waals surface area contributed by atoms with Crippen LogP contribution in [-0.4, -0.2) is 53.9 Å². The largest absolute Gasteiger partial charge is 0.480 e. The van der Waals surface area contributed by atoms with Gasteiger partial charge in [0.2, 0.25) is 0 Å². The Morgan fingerprint density at radius 3 is 2.73 bits per heavy atom. The number of aliphatic carboxylic acids is 1. The normalized spacial score (nSPS) is 20.3. The fourth-order valence-corrected chi connectivity index (χ4v) is 3.50. The number of fused-ring (bicyclic) bond motifs is 1. The molecule has 7 nitrogen and oxygen atoms in total. The Kier molecular flexibility index (Phi) is 5.29. The number of carbonyl (C=O) groups excluding carboxylic acids is 1. The third kappa shape index (κ3) is 3.59. The summed E-state index contributed by atoms with van der Waals surface area (Å²) in [4.78, 5) is 26.8. The molecule has 1 aromatic carbocycles. The first-order valence-corrected chi connectivity index (χ1v) is 8.69. The molecule has 1 aliphatic rings. The summed E-state index contributed by atoms with van der Waals surface area (Å²) in [7, 11) is 0. The molecule has 1 aliphatic heterocycles. The van der Waals surface area contributed by atoms with Gasteiger partial charge in [0.15, 0.2) is 0 Å². The van der Waals surface area contributed by atoms with Crippen molar-refractivity contribution in [3.63, 3.8) is 0 Å². The zero-order chi connectivity index (χ0) is 18.8. The standard InChI is InChI=1S/C19H24N2O5/c1-10-4-5-11(2)17-16(10)12(3)18(21-17)19(24)20-13-8-25-7-6-14(13)26-9-15(22)23/h4-5,13-14,21H,6-9H2,1-3H3,(H,20,24)(H,22,23)/t13-,14+/m1/s1. The highest BCUT2D eigenvalue weighted by atomic mass is 16.5. The molecular formula is C19H24N2O5. The Morgan fingerprint density at radius 2 is 2.04 bits per heavy atom. The van der Waals surface area contributed by atoms with E-state index in [-0.39, 0.29) is 24.7 Å². The highest BCUT2D eigenvalue weighted by molar-refractivity contribution is 6.02. The zero-order valence-corrected chi connectivity index (χ0v) is 15.2. The van der Waals surface area contributed by atoms with E-state index in [2.05, 4.69) is 10.3 Å². The number of carboxylic acids is 1. The molecule has 0 radical (unpaired) electrons. The average Bonchev–Trinajstić information content (AvgIpc) is 2.96. The van der Waals surface area contributed by atoms with Gasteiger partial charge in [-0.15, -0.1) is 0 Å². The van der Waals surface area contributed by atoms with Crippen LogP contribution in [0.25, 0.3) is 10.9 Å². The van der Waals surface area contributed by atoms with Crippen LogP contribution in [0.2, 0.25) is 0 Å². The van der Waals surface area contributed by atoms with Crippen LogP contribution in [0.15, 0.2) is 12.1 Å². The van der Waals surface area contributed by atoms with Crippen molar-refractivity contribution in [2.24, 2.45) is 0 Å². The van der Waals surface area contributed by atoms with Crippen LogP contribution in [0, 0.1) is 20.8 Å². The van der Waals surface area contributed by atoms with Crippen LogP contribution in [0.4, 0.5) is 0 Å². The molecule has 0 bridgehead atoms. The van der Waals surface area contributed by atoms with Crippen molar-refractivity contribution in [1.82, 2.24) is 10.3 Å². The fourth-order valence-electron chi connectivity index (χ4n) is 3.50. The zero-order valence-electron chi connectivity index (χ0n) is 15.2. The summed E-state index contributed by atoms with van der Waals surface area (Å²) in [5.41, 5.74) is 4.57. The van der Waals surface area contributed by atoms with Gasteiger partial charge in [-0.05, 0) is 43.9 Å². The third-order valence-electron chi connectivity index (χ3n) is 4.88. The second-order valence-corrected chi connectivity index (χ2v) is 6.76. The Morgan fingerprint density at radius 1 is 1.31 bits per heavy atom. The molecule has 7 heteroatoms. The van der Waals surface area contributed by atoms with Crippen LogP contribution in [-0.2, 0) is 14.3 Å². The van der Waals surface area contributed by atoms with Crippen molar-refractivity contribution >= 4 is 22.8 Å². The molecule has 0 saturated carbocycles. The molecular weight excluding hydrogens is 336 g/mol. The van der Waals surface area contributed by atoms with Crippen LogP contribution in [0.5, 0.6) is 0 Å². The molecule has 0 aliphatic carbocycles. The highest BCUT2D eigenvalue weighted by Crippen LogP contribution is 2.27. The van der Waals surface area contributed by atoms with Crippen LogP contribution >= 0.6 is 0 Å². The maximum Gasteiger partial charge on any atom is 0.329 e. The molecule has 2 heterocycles. The second kappa shape index (κ2) is 7.47. The number of ether oxygens (including phenoxy) is 2. The molecule has 26 heavy (non-hydrogen) atoms. The number of benzene rings is 1. The maximum atomic E-state index is 12.8. The summed E-state index contributed by atoms with van der Waals surface area (Å²) >= 11 is 0. The monoisotopic (exact) mass is 360 g/mol. The number of aryl methyl sites for hydroxylation is 3. The van der Waals surface area contributed by atoms with Gasteiger partial charge in [-0.2, -0.15) is 0 Å². The first kappa shape index (κ1) is 18.4. The summed E-state index contributed by atoms with van der Waals surface area (Å²) in [6.07, 6.45) is 0.166. The van der Waals surface area contributed by atoms with E-state index in [9.17, 15) is 9.59 Å². The SMILES string of the molecule is Cc1ccc(C)c2c(C)c(C(=O)N[C@@H]3COCC[C@@H]3OCC(=O)O)[nH]c12. The molecule has 0 unspecified atom stereocenters. The van der Waals surface area contributed by atoms with E-state index in [1.807, 2.05) is 32.9 Å². The number of H-pyrrole nitrogens is 1. The molecule has 0 spiro atoms. The van der Waals surface area contributed by atoms with Gasteiger partial charge in [-0.1, -0.05) is 12.1 Å². The quantitative estimate of drug-likeness (QED) is 0.758. The number of hydrogen-bond donors (Lipinski definition) is 3. The van der Waals surface area contributed by atoms with Gasteiger partial charge in [-0.25, -0.2) is 4.79 Å². The summed E-state index contributed by atoms with van der Waals surface area (Å²) in [6.45, 7) is 6.35. The molecule has 3 N–H and O–H groups in total. The van der Waals surface area contributed by atoms with Crippen molar-refractivity contribution in [1.29, 1.82) is 0 Å². The Hall–Kier alpha value is -2.38. The molecule has 2 atom stereocenters. The number of carbonyl (C=O) groups is 2. The lowest BCUT2D eigenvalue weighted by molar-refractivity contribution is -0.147. The second-order valence-electron chi connectivity index (χ2n) is 6.76. The highest BCUT2D eigenvalue weighted by Gasteiger charge is 2.30. The van der Waals surface area contributed by atoms with E-state index >= 15 is 0 Å². The Bertz CT molecular complexity index is 842. The van der Waals surface area contributed by atoms with Crippen molar-refractivity contribution in [3.05, 3.63) is 34.5 Å². The van der Waals surface area contributed by atoms with Gasteiger partial charge in [0.1, 0.15) is 12.3 Å². The number of rotatable bonds is 5. The van der Waals surface area contributed by atoms with E-state index < -0.39 is 5.97 Å². The molecule has 1 fully saturated rings. The molecule has 3 rings (SSSR count). The van der Waals surface area contributed by atoms with Gasteiger partial charge in [0.05, 0.1) is 18.8 Å². The van der Waals surface area contributed by atoms with Crippen molar-refractivity contribution in [2.75, 3.05) is 19.8 Å². The predicted molar refractivity (Wildman–Crippen MR) is 96.6 cm³/mol. The lowest BCUT2D eigenvalue weighted by atomic mass is 10.0. The van der Waals surface area contributed by atoms with Crippen LogP contribution in [0.1, 0.15) is 33.6 Å². The van der Waals surface area contributed by atoms with Gasteiger partial charge in [0.25, 0.3) is 5.91 Å². The summed E-state index contributed by atoms with van der Waals surface area (Å²) < 4.78 is 10.8. The minimum atomic E-state index is -1.03. The first-order chi connectivity index (χ1) is 12.4. The van der Waals surface area contributed by atoms with Gasteiger partial charge >= 0.3 is 5.97 Å². The van der Waals surface area contributed by atoms with Crippen LogP contribution in [0.3, 0.4) is 0 Å². The van der Waals surface area contributed by atoms with E-state index in [0.29, 0.717) is 25.3 Å². The minimum Gasteiger partial charge on any atom is -0.480 e. The van der Waals surface area contributed by atoms with E-state index in [0.717, 1.165) is 27.6 Å². The van der Waals surface area contributed by atoms with E-state index in [1.54, 1.807) is 0 Å². The van der Waals surface area contributed by atoms with Crippen molar-refractivity contribution in [3.8, 4) is 0 Å². The fraction of sp³-hybridized carbons (Fsp3) is 0.474. The van der Waals surface area contributed by atoms with Crippen molar-refractivity contribution < 1.29 is 24.2 Å². The summed E-state index contributed by atoms with van der Waals surface area (Å²) in [6, 6.07) is 3.69. The summed E-state index contributed by atoms with van der Waals surface area (Å²) in [5, 5.41) is 12.8. The van der Waals surface area contributed by atoms with Gasteiger partial charge < -0.3 is 24.9 Å². The number of aromatic amines is 1. The predicted octanol–water partition coefficient (Wildman–Crippen LogP) is 2.08. The number of hydrogen-bond acceptors (Lipinski definition) is 4. The number of aromatic nitrogens is 1. The lowest BCUT2D eigenvalue weighted by Gasteiger charge is -2.31. The smallest absolute Gasteiger partial charge is 0.329 e. The molecule has 2 aromatic rings. The Balaban J connectivity index is 1.82. The van der Waals surface area contributed by atoms with E-state index in [4.69, 9.17) is 14.6 Å². The molecule has 1 aromatic heterocycles. The molecule has 140 valence electrons. The topological polar surface area (TPSA) is 101 Å². The van der Waals surface area contributed by atoms with Crippen molar-refractivity contribution in [2.45, 2.75) is 39.3 Å². The van der Waals surface area contributed by atoms with E-state index in [1.165, 1.54) is 0 Å². The number of amides is 1. The molecule has 1 amide bonds.